The molecule has 1 N–H and O–H groups in total. The van der Waals surface area contributed by atoms with Crippen molar-refractivity contribution in [3.05, 3.63) is 11.6 Å². The minimum Gasteiger partial charge on any atom is -0.336 e. The average Bonchev–Trinajstić information content (AvgIpc) is 2.99. The summed E-state index contributed by atoms with van der Waals surface area (Å²) in [6.45, 7) is 5.56. The molecule has 5 nitrogen and oxygen atoms in total. The third-order valence-electron chi connectivity index (χ3n) is 2.90. The van der Waals surface area contributed by atoms with Gasteiger partial charge in [0.1, 0.15) is 5.82 Å². The quantitative estimate of drug-likeness (QED) is 0.815. The number of aryl methyl sites for hydroxylation is 1. The molecule has 0 spiro atoms. The fraction of sp³-hybridized carbons (Fsp3) is 0.727. The van der Waals surface area contributed by atoms with Crippen LogP contribution in [0.3, 0.4) is 0 Å². The van der Waals surface area contributed by atoms with E-state index in [1.807, 2.05) is 18.7 Å². The molecule has 1 aromatic heterocycles. The Bertz CT molecular complexity index is 370. The van der Waals surface area contributed by atoms with Gasteiger partial charge in [0.25, 0.3) is 5.91 Å². The second-order valence-electron chi connectivity index (χ2n) is 4.25. The first kappa shape index (κ1) is 11.1. The van der Waals surface area contributed by atoms with E-state index in [9.17, 15) is 4.79 Å². The molecule has 1 amide bonds. The molecule has 1 fully saturated rings. The zero-order valence-corrected chi connectivity index (χ0v) is 9.86. The van der Waals surface area contributed by atoms with Crippen LogP contribution in [0, 0.1) is 5.92 Å². The van der Waals surface area contributed by atoms with Crippen LogP contribution in [0.5, 0.6) is 0 Å². The van der Waals surface area contributed by atoms with E-state index in [0.29, 0.717) is 11.7 Å². The van der Waals surface area contributed by atoms with Gasteiger partial charge in [-0.3, -0.25) is 9.89 Å². The third-order valence-corrected chi connectivity index (χ3v) is 2.90. The Morgan fingerprint density at radius 2 is 2.25 bits per heavy atom. The molecule has 0 aromatic carbocycles. The zero-order chi connectivity index (χ0) is 11.5. The fourth-order valence-electron chi connectivity index (χ4n) is 1.66. The van der Waals surface area contributed by atoms with Gasteiger partial charge in [-0.15, -0.1) is 5.10 Å². The molecule has 1 aliphatic rings. The van der Waals surface area contributed by atoms with Gasteiger partial charge in [0.2, 0.25) is 5.82 Å². The molecule has 88 valence electrons. The van der Waals surface area contributed by atoms with E-state index in [-0.39, 0.29) is 5.91 Å². The van der Waals surface area contributed by atoms with Crippen LogP contribution < -0.4 is 0 Å². The van der Waals surface area contributed by atoms with Crippen LogP contribution in [0.15, 0.2) is 0 Å². The second-order valence-corrected chi connectivity index (χ2v) is 4.25. The highest BCUT2D eigenvalue weighted by atomic mass is 16.2. The zero-order valence-electron chi connectivity index (χ0n) is 9.86. The first-order valence-corrected chi connectivity index (χ1v) is 5.95. The summed E-state index contributed by atoms with van der Waals surface area (Å²) < 4.78 is 0. The lowest BCUT2D eigenvalue weighted by Gasteiger charge is -2.18. The van der Waals surface area contributed by atoms with Crippen LogP contribution in [0.25, 0.3) is 0 Å². The topological polar surface area (TPSA) is 61.9 Å². The Morgan fingerprint density at radius 3 is 2.75 bits per heavy atom. The van der Waals surface area contributed by atoms with Gasteiger partial charge in [0.05, 0.1) is 0 Å². The molecule has 0 bridgehead atoms. The molecular weight excluding hydrogens is 204 g/mol. The van der Waals surface area contributed by atoms with Crippen molar-refractivity contribution in [3.8, 4) is 0 Å². The van der Waals surface area contributed by atoms with Gasteiger partial charge < -0.3 is 4.90 Å². The van der Waals surface area contributed by atoms with Crippen molar-refractivity contribution in [2.24, 2.45) is 5.92 Å². The van der Waals surface area contributed by atoms with E-state index in [2.05, 4.69) is 15.2 Å². The molecule has 16 heavy (non-hydrogen) atoms. The van der Waals surface area contributed by atoms with Crippen molar-refractivity contribution < 1.29 is 4.79 Å². The van der Waals surface area contributed by atoms with E-state index >= 15 is 0 Å². The minimum absolute atomic E-state index is 0.0506. The molecule has 1 aromatic rings. The van der Waals surface area contributed by atoms with Crippen molar-refractivity contribution in [2.75, 3.05) is 13.1 Å². The number of aromatic nitrogens is 3. The Kier molecular flexibility index (Phi) is 3.22. The lowest BCUT2D eigenvalue weighted by atomic mass is 10.3. The number of aromatic amines is 1. The highest BCUT2D eigenvalue weighted by Crippen LogP contribution is 2.29. The van der Waals surface area contributed by atoms with Crippen LogP contribution in [-0.2, 0) is 6.42 Å². The Hall–Kier alpha value is -1.39. The Morgan fingerprint density at radius 1 is 1.50 bits per heavy atom. The summed E-state index contributed by atoms with van der Waals surface area (Å²) in [6, 6.07) is 0. The van der Waals surface area contributed by atoms with Gasteiger partial charge in [-0.1, -0.05) is 6.92 Å². The maximum Gasteiger partial charge on any atom is 0.293 e. The molecule has 0 unspecified atom stereocenters. The lowest BCUT2D eigenvalue weighted by molar-refractivity contribution is 0.0745. The highest BCUT2D eigenvalue weighted by Gasteiger charge is 2.27. The molecule has 0 saturated heterocycles. The predicted octanol–water partition coefficient (Wildman–Crippen LogP) is 1.24. The number of carbonyl (C=O) groups excluding carboxylic acids is 1. The summed E-state index contributed by atoms with van der Waals surface area (Å²) in [6.07, 6.45) is 3.27. The van der Waals surface area contributed by atoms with E-state index in [0.717, 1.165) is 25.3 Å². The number of hydrogen-bond acceptors (Lipinski definition) is 3. The molecule has 1 heterocycles. The van der Waals surface area contributed by atoms with E-state index in [1.54, 1.807) is 0 Å². The van der Waals surface area contributed by atoms with Gasteiger partial charge >= 0.3 is 0 Å². The highest BCUT2D eigenvalue weighted by molar-refractivity contribution is 5.90. The molecule has 0 radical (unpaired) electrons. The molecular formula is C11H18N4O. The number of H-pyrrole nitrogens is 1. The smallest absolute Gasteiger partial charge is 0.293 e. The van der Waals surface area contributed by atoms with Crippen LogP contribution in [0.2, 0.25) is 0 Å². The Labute approximate surface area is 95.2 Å². The van der Waals surface area contributed by atoms with Crippen molar-refractivity contribution in [1.82, 2.24) is 20.1 Å². The molecule has 2 rings (SSSR count). The first-order chi connectivity index (χ1) is 7.74. The maximum absolute atomic E-state index is 12.0. The average molecular weight is 222 g/mol. The van der Waals surface area contributed by atoms with Gasteiger partial charge in [-0.25, -0.2) is 4.98 Å². The van der Waals surface area contributed by atoms with Crippen LogP contribution in [0.1, 0.15) is 43.1 Å². The van der Waals surface area contributed by atoms with Gasteiger partial charge in [-0.2, -0.15) is 0 Å². The molecule has 0 aliphatic heterocycles. The largest absolute Gasteiger partial charge is 0.336 e. The van der Waals surface area contributed by atoms with Crippen LogP contribution in [-0.4, -0.2) is 39.1 Å². The third kappa shape index (κ3) is 2.40. The van der Waals surface area contributed by atoms with Gasteiger partial charge in [0, 0.05) is 19.5 Å². The summed E-state index contributed by atoms with van der Waals surface area (Å²) in [4.78, 5) is 18.1. The summed E-state index contributed by atoms with van der Waals surface area (Å²) in [5.74, 6) is 1.73. The predicted molar refractivity (Wildman–Crippen MR) is 60.1 cm³/mol. The number of hydrogen-bond donors (Lipinski definition) is 1. The van der Waals surface area contributed by atoms with Crippen molar-refractivity contribution >= 4 is 5.91 Å². The maximum atomic E-state index is 12.0. The number of amides is 1. The standard InChI is InChI=1S/C11H18N4O/c1-3-9-12-10(14-13-9)11(16)15(4-2)7-8-5-6-8/h8H,3-7H2,1-2H3,(H,12,13,14). The summed E-state index contributed by atoms with van der Waals surface area (Å²) >= 11 is 0. The van der Waals surface area contributed by atoms with Crippen molar-refractivity contribution in [3.63, 3.8) is 0 Å². The summed E-state index contributed by atoms with van der Waals surface area (Å²) in [7, 11) is 0. The van der Waals surface area contributed by atoms with E-state index < -0.39 is 0 Å². The van der Waals surface area contributed by atoms with Crippen molar-refractivity contribution in [2.45, 2.75) is 33.1 Å². The Balaban J connectivity index is 2.02. The normalized spacial score (nSPS) is 15.1. The SMILES string of the molecule is CCc1nc(C(=O)N(CC)CC2CC2)n[nH]1. The second kappa shape index (κ2) is 4.63. The monoisotopic (exact) mass is 222 g/mol. The molecule has 0 atom stereocenters. The minimum atomic E-state index is -0.0506. The van der Waals surface area contributed by atoms with Crippen LogP contribution in [0.4, 0.5) is 0 Å². The van der Waals surface area contributed by atoms with Gasteiger partial charge in [-0.05, 0) is 25.7 Å². The summed E-state index contributed by atoms with van der Waals surface area (Å²) in [5, 5.41) is 6.73. The number of nitrogens with one attached hydrogen (secondary N) is 1. The number of carbonyl (C=O) groups is 1. The van der Waals surface area contributed by atoms with E-state index in [1.165, 1.54) is 12.8 Å². The summed E-state index contributed by atoms with van der Waals surface area (Å²) in [5.41, 5.74) is 0. The number of rotatable bonds is 5. The van der Waals surface area contributed by atoms with Crippen LogP contribution >= 0.6 is 0 Å². The van der Waals surface area contributed by atoms with Crippen molar-refractivity contribution in [1.29, 1.82) is 0 Å². The first-order valence-electron chi connectivity index (χ1n) is 5.95. The fourth-order valence-corrected chi connectivity index (χ4v) is 1.66. The molecule has 1 aliphatic carbocycles. The van der Waals surface area contributed by atoms with E-state index in [4.69, 9.17) is 0 Å². The van der Waals surface area contributed by atoms with Gasteiger partial charge in [0.15, 0.2) is 0 Å². The molecule has 5 heteroatoms. The molecule has 1 saturated carbocycles. The number of nitrogens with zero attached hydrogens (tertiary/aromatic N) is 3. The lowest BCUT2D eigenvalue weighted by Crippen LogP contribution is -2.33.